The maximum atomic E-state index is 12.1. The van der Waals surface area contributed by atoms with Gasteiger partial charge in [0, 0.05) is 21.7 Å². The van der Waals surface area contributed by atoms with Gasteiger partial charge in [0.15, 0.2) is 0 Å². The first kappa shape index (κ1) is 16.5. The van der Waals surface area contributed by atoms with Crippen molar-refractivity contribution in [3.63, 3.8) is 0 Å². The number of carbonyl (C=O) groups excluding carboxylic acids is 1. The molecule has 1 saturated carbocycles. The van der Waals surface area contributed by atoms with Crippen molar-refractivity contribution in [3.8, 4) is 0 Å². The summed E-state index contributed by atoms with van der Waals surface area (Å²) in [4.78, 5) is 14.4. The molecule has 2 heterocycles. The summed E-state index contributed by atoms with van der Waals surface area (Å²) in [5.74, 6) is 0. The molecule has 3 rings (SSSR count). The molecule has 0 spiro atoms. The lowest BCUT2D eigenvalue weighted by Crippen LogP contribution is -2.40. The van der Waals surface area contributed by atoms with E-state index in [1.165, 1.54) is 29.1 Å². The van der Waals surface area contributed by atoms with E-state index < -0.39 is 6.10 Å². The van der Waals surface area contributed by atoms with Gasteiger partial charge in [-0.2, -0.15) is 0 Å². The predicted molar refractivity (Wildman–Crippen MR) is 96.4 cm³/mol. The number of amides is 2. The first-order valence-corrected chi connectivity index (χ1v) is 9.65. The maximum Gasteiger partial charge on any atom is 0.319 e. The Morgan fingerprint density at radius 2 is 2.13 bits per heavy atom. The Balaban J connectivity index is 1.67. The fourth-order valence-corrected chi connectivity index (χ4v) is 4.98. The number of hydrogen-bond acceptors (Lipinski definition) is 4. The minimum absolute atomic E-state index is 0.0184. The molecule has 4 nitrogen and oxygen atoms in total. The molecule has 0 aliphatic heterocycles. The van der Waals surface area contributed by atoms with E-state index in [-0.39, 0.29) is 11.4 Å². The number of aliphatic hydroxyl groups excluding tert-OH is 1. The normalized spacial score (nSPS) is 17.8. The first-order valence-electron chi connectivity index (χ1n) is 7.96. The van der Waals surface area contributed by atoms with Crippen molar-refractivity contribution in [1.82, 2.24) is 5.32 Å². The van der Waals surface area contributed by atoms with Gasteiger partial charge in [0.25, 0.3) is 0 Å². The zero-order valence-electron chi connectivity index (χ0n) is 13.2. The number of anilines is 1. The molecule has 0 bridgehead atoms. The summed E-state index contributed by atoms with van der Waals surface area (Å²) in [5.41, 5.74) is 0.0184. The van der Waals surface area contributed by atoms with Gasteiger partial charge in [0.05, 0.1) is 11.1 Å². The molecule has 1 aliphatic carbocycles. The molecule has 2 aromatic heterocycles. The molecule has 0 aromatic carbocycles. The van der Waals surface area contributed by atoms with Crippen molar-refractivity contribution in [2.24, 2.45) is 0 Å². The molecule has 2 amide bonds. The van der Waals surface area contributed by atoms with E-state index in [0.29, 0.717) is 6.54 Å². The van der Waals surface area contributed by atoms with Gasteiger partial charge in [-0.15, -0.1) is 22.7 Å². The van der Waals surface area contributed by atoms with Crippen LogP contribution in [0.5, 0.6) is 0 Å². The fraction of sp³-hybridized carbons (Fsp3) is 0.471. The van der Waals surface area contributed by atoms with Crippen LogP contribution in [0.2, 0.25) is 0 Å². The monoisotopic (exact) mass is 350 g/mol. The Morgan fingerprint density at radius 3 is 2.74 bits per heavy atom. The van der Waals surface area contributed by atoms with E-state index in [9.17, 15) is 9.90 Å². The minimum atomic E-state index is -0.428. The van der Waals surface area contributed by atoms with Crippen molar-refractivity contribution in [3.05, 3.63) is 39.4 Å². The molecule has 1 aliphatic rings. The summed E-state index contributed by atoms with van der Waals surface area (Å²) in [6.07, 6.45) is 4.13. The number of rotatable bonds is 5. The van der Waals surface area contributed by atoms with Crippen LogP contribution in [0, 0.1) is 0 Å². The van der Waals surface area contributed by atoms with Crippen LogP contribution >= 0.6 is 22.7 Å². The SMILES string of the molecule is CC(O)c1ccc(C2(CNC(=O)Nc3cccs3)CCCC2)s1. The van der Waals surface area contributed by atoms with Gasteiger partial charge in [0.2, 0.25) is 0 Å². The van der Waals surface area contributed by atoms with Gasteiger partial charge in [-0.05, 0) is 49.4 Å². The molecule has 6 heteroatoms. The third-order valence-electron chi connectivity index (χ3n) is 4.47. The smallest absolute Gasteiger partial charge is 0.319 e. The molecule has 23 heavy (non-hydrogen) atoms. The Morgan fingerprint density at radius 1 is 1.35 bits per heavy atom. The van der Waals surface area contributed by atoms with Crippen LogP contribution < -0.4 is 10.6 Å². The summed E-state index contributed by atoms with van der Waals surface area (Å²) in [5, 5.41) is 18.5. The quantitative estimate of drug-likeness (QED) is 0.744. The summed E-state index contributed by atoms with van der Waals surface area (Å²) in [6.45, 7) is 2.44. The lowest BCUT2D eigenvalue weighted by Gasteiger charge is -2.28. The van der Waals surface area contributed by atoms with Gasteiger partial charge in [0.1, 0.15) is 0 Å². The van der Waals surface area contributed by atoms with Gasteiger partial charge in [-0.3, -0.25) is 5.32 Å². The van der Waals surface area contributed by atoms with Gasteiger partial charge >= 0.3 is 6.03 Å². The van der Waals surface area contributed by atoms with Crippen molar-refractivity contribution in [2.75, 3.05) is 11.9 Å². The summed E-state index contributed by atoms with van der Waals surface area (Å²) in [6, 6.07) is 7.80. The second kappa shape index (κ2) is 7.03. The standard InChI is InChI=1S/C17H22N2O2S2/c1-12(20)13-6-7-14(23-13)17(8-2-3-9-17)11-18-16(21)19-15-5-4-10-22-15/h4-7,10,12,20H,2-3,8-9,11H2,1H3,(H2,18,19,21). The highest BCUT2D eigenvalue weighted by Crippen LogP contribution is 2.44. The average molecular weight is 351 g/mol. The molecule has 1 atom stereocenters. The van der Waals surface area contributed by atoms with Crippen LogP contribution in [-0.4, -0.2) is 17.7 Å². The van der Waals surface area contributed by atoms with E-state index in [2.05, 4.69) is 16.7 Å². The van der Waals surface area contributed by atoms with E-state index >= 15 is 0 Å². The maximum absolute atomic E-state index is 12.1. The van der Waals surface area contributed by atoms with Gasteiger partial charge in [-0.25, -0.2) is 4.79 Å². The Hall–Kier alpha value is -1.37. The second-order valence-corrected chi connectivity index (χ2v) is 8.21. The number of urea groups is 1. The lowest BCUT2D eigenvalue weighted by atomic mass is 9.84. The Labute approximate surface area is 144 Å². The summed E-state index contributed by atoms with van der Waals surface area (Å²) < 4.78 is 0. The minimum Gasteiger partial charge on any atom is -0.388 e. The predicted octanol–water partition coefficient (Wildman–Crippen LogP) is 4.50. The topological polar surface area (TPSA) is 61.4 Å². The zero-order chi connectivity index (χ0) is 16.3. The van der Waals surface area contributed by atoms with Crippen LogP contribution in [0.1, 0.15) is 48.5 Å². The Kier molecular flexibility index (Phi) is 5.04. The van der Waals surface area contributed by atoms with Crippen molar-refractivity contribution < 1.29 is 9.90 Å². The molecule has 1 fully saturated rings. The van der Waals surface area contributed by atoms with Crippen LogP contribution in [0.15, 0.2) is 29.6 Å². The largest absolute Gasteiger partial charge is 0.388 e. The highest BCUT2D eigenvalue weighted by Gasteiger charge is 2.37. The zero-order valence-corrected chi connectivity index (χ0v) is 14.8. The van der Waals surface area contributed by atoms with Crippen LogP contribution in [0.4, 0.5) is 9.80 Å². The van der Waals surface area contributed by atoms with E-state index in [4.69, 9.17) is 0 Å². The van der Waals surface area contributed by atoms with Crippen molar-refractivity contribution >= 4 is 33.7 Å². The number of carbonyl (C=O) groups is 1. The van der Waals surface area contributed by atoms with Crippen LogP contribution in [-0.2, 0) is 5.41 Å². The van der Waals surface area contributed by atoms with E-state index in [1.807, 2.05) is 23.6 Å². The lowest BCUT2D eigenvalue weighted by molar-refractivity contribution is 0.203. The van der Waals surface area contributed by atoms with E-state index in [1.54, 1.807) is 18.3 Å². The molecule has 1 unspecified atom stereocenters. The molecule has 0 saturated heterocycles. The molecular formula is C17H22N2O2S2. The first-order chi connectivity index (χ1) is 11.1. The molecular weight excluding hydrogens is 328 g/mol. The van der Waals surface area contributed by atoms with Gasteiger partial charge in [-0.1, -0.05) is 12.8 Å². The number of hydrogen-bond donors (Lipinski definition) is 3. The number of nitrogens with one attached hydrogen (secondary N) is 2. The van der Waals surface area contributed by atoms with Crippen molar-refractivity contribution in [1.29, 1.82) is 0 Å². The van der Waals surface area contributed by atoms with Crippen LogP contribution in [0.3, 0.4) is 0 Å². The number of aliphatic hydroxyl groups is 1. The summed E-state index contributed by atoms with van der Waals surface area (Å²) >= 11 is 3.19. The third kappa shape index (κ3) is 3.76. The highest BCUT2D eigenvalue weighted by molar-refractivity contribution is 7.14. The Bertz CT molecular complexity index is 643. The molecule has 3 N–H and O–H groups in total. The third-order valence-corrected chi connectivity index (χ3v) is 6.75. The summed E-state index contributed by atoms with van der Waals surface area (Å²) in [7, 11) is 0. The molecule has 2 aromatic rings. The highest BCUT2D eigenvalue weighted by atomic mass is 32.1. The number of thiophene rings is 2. The molecule has 124 valence electrons. The average Bonchev–Trinajstić information content (AvgIpc) is 3.26. The fourth-order valence-electron chi connectivity index (χ4n) is 3.18. The van der Waals surface area contributed by atoms with Crippen molar-refractivity contribution in [2.45, 2.75) is 44.1 Å². The van der Waals surface area contributed by atoms with Gasteiger partial charge < -0.3 is 10.4 Å². The second-order valence-electron chi connectivity index (χ2n) is 6.15. The molecule has 0 radical (unpaired) electrons. The van der Waals surface area contributed by atoms with Crippen LogP contribution in [0.25, 0.3) is 0 Å². The van der Waals surface area contributed by atoms with E-state index in [0.717, 1.165) is 22.7 Å².